The first-order chi connectivity index (χ1) is 6.61. The third kappa shape index (κ3) is 3.55. The van der Waals surface area contributed by atoms with Gasteiger partial charge in [-0.3, -0.25) is 5.32 Å². The van der Waals surface area contributed by atoms with E-state index in [0.29, 0.717) is 17.3 Å². The Morgan fingerprint density at radius 3 is 2.86 bits per heavy atom. The van der Waals surface area contributed by atoms with Crippen LogP contribution in [0.3, 0.4) is 0 Å². The summed E-state index contributed by atoms with van der Waals surface area (Å²) in [6.07, 6.45) is -0.485. The van der Waals surface area contributed by atoms with Crippen molar-refractivity contribution in [1.82, 2.24) is 0 Å². The minimum absolute atomic E-state index is 0.341. The number of anilines is 1. The van der Waals surface area contributed by atoms with Crippen molar-refractivity contribution in [2.75, 3.05) is 11.9 Å². The number of carbonyl (C=O) groups is 1. The molecule has 0 atom stereocenters. The molecular formula is C9H9BrClNO2. The van der Waals surface area contributed by atoms with Gasteiger partial charge in [0.25, 0.3) is 0 Å². The third-order valence-corrected chi connectivity index (χ3v) is 2.06. The van der Waals surface area contributed by atoms with Crippen LogP contribution >= 0.6 is 27.5 Å². The average Bonchev–Trinajstić information content (AvgIpc) is 2.01. The molecule has 0 radical (unpaired) electrons. The number of halogens is 2. The number of hydrogen-bond donors (Lipinski definition) is 1. The molecule has 14 heavy (non-hydrogen) atoms. The predicted octanol–water partition coefficient (Wildman–Crippen LogP) is 3.67. The summed E-state index contributed by atoms with van der Waals surface area (Å²) in [5, 5.41) is 3.10. The zero-order valence-electron chi connectivity index (χ0n) is 7.51. The Labute approximate surface area is 95.5 Å². The second kappa shape index (κ2) is 5.22. The SMILES string of the molecule is CCOC(=O)Nc1cc(Cl)cc(Br)c1. The summed E-state index contributed by atoms with van der Waals surface area (Å²) in [6, 6.07) is 5.12. The van der Waals surface area contributed by atoms with Gasteiger partial charge in [-0.05, 0) is 25.1 Å². The summed E-state index contributed by atoms with van der Waals surface area (Å²) in [4.78, 5) is 11.0. The van der Waals surface area contributed by atoms with Crippen LogP contribution in [0.15, 0.2) is 22.7 Å². The van der Waals surface area contributed by atoms with E-state index in [2.05, 4.69) is 21.2 Å². The summed E-state index contributed by atoms with van der Waals surface area (Å²) in [7, 11) is 0. The Bertz CT molecular complexity index is 323. The highest BCUT2D eigenvalue weighted by Gasteiger charge is 2.03. The maximum Gasteiger partial charge on any atom is 0.411 e. The largest absolute Gasteiger partial charge is 0.450 e. The zero-order valence-corrected chi connectivity index (χ0v) is 9.85. The average molecular weight is 279 g/mol. The van der Waals surface area contributed by atoms with Crippen LogP contribution in [-0.2, 0) is 4.74 Å². The van der Waals surface area contributed by atoms with Crippen LogP contribution in [0.1, 0.15) is 6.92 Å². The van der Waals surface area contributed by atoms with Crippen LogP contribution in [0.4, 0.5) is 10.5 Å². The lowest BCUT2D eigenvalue weighted by Crippen LogP contribution is -2.13. The molecule has 1 N–H and O–H groups in total. The molecule has 3 nitrogen and oxygen atoms in total. The summed E-state index contributed by atoms with van der Waals surface area (Å²) >= 11 is 9.05. The van der Waals surface area contributed by atoms with E-state index in [0.717, 1.165) is 4.47 Å². The molecule has 5 heteroatoms. The first-order valence-electron chi connectivity index (χ1n) is 4.01. The van der Waals surface area contributed by atoms with Gasteiger partial charge >= 0.3 is 6.09 Å². The maximum atomic E-state index is 11.0. The van der Waals surface area contributed by atoms with Crippen molar-refractivity contribution in [3.8, 4) is 0 Å². The summed E-state index contributed by atoms with van der Waals surface area (Å²) in [5.41, 5.74) is 0.600. The number of carbonyl (C=O) groups excluding carboxylic acids is 1. The molecule has 0 aliphatic heterocycles. The van der Waals surface area contributed by atoms with E-state index in [1.165, 1.54) is 0 Å². The fourth-order valence-corrected chi connectivity index (χ4v) is 1.77. The number of nitrogens with one attached hydrogen (secondary N) is 1. The van der Waals surface area contributed by atoms with Gasteiger partial charge in [-0.25, -0.2) is 4.79 Å². The van der Waals surface area contributed by atoms with Gasteiger partial charge in [0.05, 0.1) is 6.61 Å². The first kappa shape index (κ1) is 11.3. The molecule has 0 fully saturated rings. The van der Waals surface area contributed by atoms with Crippen molar-refractivity contribution < 1.29 is 9.53 Å². The molecule has 0 aliphatic carbocycles. The molecule has 0 saturated heterocycles. The molecule has 76 valence electrons. The molecule has 0 spiro atoms. The van der Waals surface area contributed by atoms with Gasteiger partial charge in [-0.1, -0.05) is 27.5 Å². The topological polar surface area (TPSA) is 38.3 Å². The Morgan fingerprint density at radius 2 is 2.29 bits per heavy atom. The van der Waals surface area contributed by atoms with Gasteiger partial charge < -0.3 is 4.74 Å². The fourth-order valence-electron chi connectivity index (χ4n) is 0.911. The molecule has 1 rings (SSSR count). The van der Waals surface area contributed by atoms with E-state index < -0.39 is 6.09 Å². The van der Waals surface area contributed by atoms with Crippen LogP contribution in [0, 0.1) is 0 Å². The number of ether oxygens (including phenoxy) is 1. The molecule has 0 heterocycles. The van der Waals surface area contributed by atoms with Crippen LogP contribution in [0.2, 0.25) is 5.02 Å². The lowest BCUT2D eigenvalue weighted by molar-refractivity contribution is 0.168. The standard InChI is InChI=1S/C9H9BrClNO2/c1-2-14-9(13)12-8-4-6(10)3-7(11)5-8/h3-5H,2H2,1H3,(H,12,13). The van der Waals surface area contributed by atoms with Gasteiger partial charge in [0, 0.05) is 15.2 Å². The minimum Gasteiger partial charge on any atom is -0.450 e. The van der Waals surface area contributed by atoms with Crippen LogP contribution in [-0.4, -0.2) is 12.7 Å². The van der Waals surface area contributed by atoms with E-state index in [1.807, 2.05) is 0 Å². The van der Waals surface area contributed by atoms with Crippen LogP contribution in [0.5, 0.6) is 0 Å². The Kier molecular flexibility index (Phi) is 4.22. The lowest BCUT2D eigenvalue weighted by Gasteiger charge is -2.05. The highest BCUT2D eigenvalue weighted by atomic mass is 79.9. The maximum absolute atomic E-state index is 11.0. The first-order valence-corrected chi connectivity index (χ1v) is 5.19. The molecule has 0 aliphatic rings. The molecule has 0 saturated carbocycles. The number of rotatable bonds is 2. The van der Waals surface area contributed by atoms with E-state index in [9.17, 15) is 4.79 Å². The van der Waals surface area contributed by atoms with Crippen molar-refractivity contribution in [2.24, 2.45) is 0 Å². The summed E-state index contributed by atoms with van der Waals surface area (Å²) in [5.74, 6) is 0. The second-order valence-electron chi connectivity index (χ2n) is 2.50. The minimum atomic E-state index is -0.485. The number of amides is 1. The summed E-state index contributed by atoms with van der Waals surface area (Å²) < 4.78 is 5.52. The van der Waals surface area contributed by atoms with Gasteiger partial charge in [-0.2, -0.15) is 0 Å². The molecule has 1 aromatic rings. The normalized spacial score (nSPS) is 9.64. The molecule has 0 aromatic heterocycles. The van der Waals surface area contributed by atoms with Crippen molar-refractivity contribution in [2.45, 2.75) is 6.92 Å². The van der Waals surface area contributed by atoms with Gasteiger partial charge in [-0.15, -0.1) is 0 Å². The van der Waals surface area contributed by atoms with Crippen molar-refractivity contribution in [3.05, 3.63) is 27.7 Å². The Balaban J connectivity index is 2.71. The number of benzene rings is 1. The highest BCUT2D eigenvalue weighted by molar-refractivity contribution is 9.10. The van der Waals surface area contributed by atoms with E-state index in [4.69, 9.17) is 16.3 Å². The molecule has 1 amide bonds. The summed E-state index contributed by atoms with van der Waals surface area (Å²) in [6.45, 7) is 2.08. The molecule has 1 aromatic carbocycles. The van der Waals surface area contributed by atoms with Crippen molar-refractivity contribution in [1.29, 1.82) is 0 Å². The second-order valence-corrected chi connectivity index (χ2v) is 3.86. The van der Waals surface area contributed by atoms with Gasteiger partial charge in [0.2, 0.25) is 0 Å². The Morgan fingerprint density at radius 1 is 1.57 bits per heavy atom. The van der Waals surface area contributed by atoms with Crippen LogP contribution < -0.4 is 5.32 Å². The van der Waals surface area contributed by atoms with Crippen LogP contribution in [0.25, 0.3) is 0 Å². The smallest absolute Gasteiger partial charge is 0.411 e. The van der Waals surface area contributed by atoms with E-state index in [-0.39, 0.29) is 0 Å². The van der Waals surface area contributed by atoms with Crippen molar-refractivity contribution in [3.63, 3.8) is 0 Å². The molecular weight excluding hydrogens is 269 g/mol. The lowest BCUT2D eigenvalue weighted by atomic mass is 10.3. The van der Waals surface area contributed by atoms with Gasteiger partial charge in [0.15, 0.2) is 0 Å². The Hall–Kier alpha value is -0.740. The third-order valence-electron chi connectivity index (χ3n) is 1.38. The fraction of sp³-hybridized carbons (Fsp3) is 0.222. The monoisotopic (exact) mass is 277 g/mol. The number of hydrogen-bond acceptors (Lipinski definition) is 2. The van der Waals surface area contributed by atoms with E-state index in [1.54, 1.807) is 25.1 Å². The highest BCUT2D eigenvalue weighted by Crippen LogP contribution is 2.22. The van der Waals surface area contributed by atoms with E-state index >= 15 is 0 Å². The van der Waals surface area contributed by atoms with Gasteiger partial charge in [0.1, 0.15) is 0 Å². The zero-order chi connectivity index (χ0) is 10.6. The predicted molar refractivity (Wildman–Crippen MR) is 59.8 cm³/mol. The molecule has 0 bridgehead atoms. The van der Waals surface area contributed by atoms with Crippen molar-refractivity contribution >= 4 is 39.3 Å². The molecule has 0 unspecified atom stereocenters. The quantitative estimate of drug-likeness (QED) is 0.896.